The number of piperidine rings is 1. The van der Waals surface area contributed by atoms with E-state index in [1.807, 2.05) is 0 Å². The van der Waals surface area contributed by atoms with Crippen molar-refractivity contribution in [2.24, 2.45) is 5.92 Å². The minimum atomic E-state index is -2.03. The monoisotopic (exact) mass is 224 g/mol. The second-order valence-corrected chi connectivity index (χ2v) is 4.37. The summed E-state index contributed by atoms with van der Waals surface area (Å²) in [5, 5.41) is -0.303. The van der Waals surface area contributed by atoms with Gasteiger partial charge in [-0.15, -0.1) is 0 Å². The number of carbonyl (C=O) groups is 1. The lowest BCUT2D eigenvalue weighted by atomic mass is 9.99. The van der Waals surface area contributed by atoms with E-state index in [2.05, 4.69) is 0 Å². The molecule has 13 heavy (non-hydrogen) atoms. The van der Waals surface area contributed by atoms with Crippen molar-refractivity contribution >= 4 is 27.9 Å². The summed E-state index contributed by atoms with van der Waals surface area (Å²) >= 11 is 3.30. The average molecular weight is 225 g/mol. The van der Waals surface area contributed by atoms with Gasteiger partial charge in [-0.05, 0) is 48.6 Å². The van der Waals surface area contributed by atoms with Crippen LogP contribution in [0.15, 0.2) is 0 Å². The van der Waals surface area contributed by atoms with E-state index in [0.717, 1.165) is 0 Å². The van der Waals surface area contributed by atoms with Crippen molar-refractivity contribution in [2.45, 2.75) is 12.8 Å². The first kappa shape index (κ1) is 11.1. The maximum absolute atomic E-state index is 10.8. The maximum Gasteiger partial charge on any atom is 0.224 e. The fraction of sp³-hybridized carbons (Fsp3) is 0.857. The number of halogens is 1. The zero-order chi connectivity index (χ0) is 9.84. The Labute approximate surface area is 84.5 Å². The molecule has 0 N–H and O–H groups in total. The Bertz CT molecular complexity index is 216. The van der Waals surface area contributed by atoms with Gasteiger partial charge >= 0.3 is 0 Å². The summed E-state index contributed by atoms with van der Waals surface area (Å²) in [6.07, 6.45) is 1.33. The number of hydrogen-bond acceptors (Lipinski definition) is 4. The quantitative estimate of drug-likeness (QED) is 0.511. The second-order valence-electron chi connectivity index (χ2n) is 3.13. The molecule has 1 aliphatic rings. The predicted molar refractivity (Wildman–Crippen MR) is 48.9 cm³/mol. The summed E-state index contributed by atoms with van der Waals surface area (Å²) in [5.74, 6) is -0.0265. The Morgan fingerprint density at radius 1 is 1.54 bits per heavy atom. The van der Waals surface area contributed by atoms with Crippen LogP contribution in [0.4, 0.5) is 0 Å². The highest BCUT2D eigenvalue weighted by Gasteiger charge is 2.23. The molecule has 1 rings (SSSR count). The minimum absolute atomic E-state index is 0.0587. The van der Waals surface area contributed by atoms with Crippen LogP contribution in [0, 0.1) is 5.92 Å². The molecule has 0 bridgehead atoms. The van der Waals surface area contributed by atoms with Gasteiger partial charge in [0.25, 0.3) is 0 Å². The van der Waals surface area contributed by atoms with Gasteiger partial charge in [0, 0.05) is 5.92 Å². The Morgan fingerprint density at radius 3 is 2.46 bits per heavy atom. The molecule has 0 amide bonds. The fourth-order valence-electron chi connectivity index (χ4n) is 1.44. The van der Waals surface area contributed by atoms with Gasteiger partial charge in [0.2, 0.25) is 5.24 Å². The number of likely N-dealkylation sites (tertiary alicyclic amines) is 1. The second kappa shape index (κ2) is 5.05. The van der Waals surface area contributed by atoms with Crippen LogP contribution in [0.5, 0.6) is 0 Å². The van der Waals surface area contributed by atoms with Gasteiger partial charge in [-0.1, -0.05) is 0 Å². The molecule has 4 nitrogen and oxygen atoms in total. The van der Waals surface area contributed by atoms with E-state index in [1.165, 1.54) is 0 Å². The van der Waals surface area contributed by atoms with E-state index < -0.39 is 11.1 Å². The third-order valence-electron chi connectivity index (χ3n) is 2.20. The van der Waals surface area contributed by atoms with Crippen LogP contribution in [0.25, 0.3) is 0 Å². The largest absolute Gasteiger partial charge is 0.771 e. The number of rotatable bonds is 3. The topological polar surface area (TPSA) is 60.4 Å². The van der Waals surface area contributed by atoms with Crippen molar-refractivity contribution in [3.8, 4) is 0 Å². The molecule has 6 heteroatoms. The molecule has 1 aliphatic heterocycles. The van der Waals surface area contributed by atoms with Crippen LogP contribution >= 0.6 is 11.6 Å². The molecule has 0 aromatic rings. The number of nitrogens with zero attached hydrogens (tertiary/aromatic N) is 1. The van der Waals surface area contributed by atoms with E-state index in [1.54, 1.807) is 4.90 Å². The first-order valence-electron chi connectivity index (χ1n) is 4.07. The molecule has 1 fully saturated rings. The van der Waals surface area contributed by atoms with Crippen molar-refractivity contribution in [3.05, 3.63) is 0 Å². The van der Waals surface area contributed by atoms with E-state index in [4.69, 9.17) is 11.6 Å². The SMILES string of the molecule is O=C(Cl)C1CCN(CS(=O)[O-])CC1. The average Bonchev–Trinajstić information content (AvgIpc) is 2.04. The lowest BCUT2D eigenvalue weighted by Gasteiger charge is -2.30. The number of hydrogen-bond donors (Lipinski definition) is 0. The summed E-state index contributed by atoms with van der Waals surface area (Å²) in [7, 11) is 0. The third kappa shape index (κ3) is 3.72. The van der Waals surface area contributed by atoms with Crippen molar-refractivity contribution in [1.29, 1.82) is 0 Å². The van der Waals surface area contributed by atoms with Gasteiger partial charge < -0.3 is 4.55 Å². The van der Waals surface area contributed by atoms with Crippen LogP contribution in [0.2, 0.25) is 0 Å². The molecular weight excluding hydrogens is 214 g/mol. The number of carbonyl (C=O) groups excluding carboxylic acids is 1. The third-order valence-corrected chi connectivity index (χ3v) is 3.08. The Morgan fingerprint density at radius 2 is 2.08 bits per heavy atom. The van der Waals surface area contributed by atoms with Gasteiger partial charge in [-0.3, -0.25) is 13.9 Å². The van der Waals surface area contributed by atoms with Gasteiger partial charge in [-0.25, -0.2) is 0 Å². The molecule has 0 saturated carbocycles. The highest BCUT2D eigenvalue weighted by Crippen LogP contribution is 2.19. The van der Waals surface area contributed by atoms with E-state index in [9.17, 15) is 13.6 Å². The summed E-state index contributed by atoms with van der Waals surface area (Å²) in [5.41, 5.74) is 0. The van der Waals surface area contributed by atoms with Crippen molar-refractivity contribution < 1.29 is 13.6 Å². The summed E-state index contributed by atoms with van der Waals surface area (Å²) in [4.78, 5) is 12.6. The molecule has 1 saturated heterocycles. The first-order valence-corrected chi connectivity index (χ1v) is 5.69. The molecule has 76 valence electrons. The van der Waals surface area contributed by atoms with Crippen molar-refractivity contribution in [3.63, 3.8) is 0 Å². The maximum atomic E-state index is 10.8. The van der Waals surface area contributed by atoms with Crippen LogP contribution in [0.1, 0.15) is 12.8 Å². The van der Waals surface area contributed by atoms with Crippen molar-refractivity contribution in [1.82, 2.24) is 4.90 Å². The molecule has 0 aromatic heterocycles. The molecule has 0 aromatic carbocycles. The Kier molecular flexibility index (Phi) is 4.31. The van der Waals surface area contributed by atoms with Crippen LogP contribution in [-0.4, -0.2) is 37.9 Å². The summed E-state index contributed by atoms with van der Waals surface area (Å²) in [6.45, 7) is 1.27. The molecule has 0 aliphatic carbocycles. The van der Waals surface area contributed by atoms with Crippen LogP contribution in [-0.2, 0) is 15.9 Å². The standard InChI is InChI=1S/C7H12ClNO3S/c8-7(10)6-1-3-9(4-2-6)5-13(11)12/h6H,1-5H2,(H,11,12)/p-1. The smallest absolute Gasteiger partial charge is 0.224 e. The van der Waals surface area contributed by atoms with Crippen LogP contribution < -0.4 is 0 Å². The zero-order valence-corrected chi connectivity index (χ0v) is 8.64. The molecular formula is C7H11ClNO3S-. The van der Waals surface area contributed by atoms with E-state index in [-0.39, 0.29) is 17.0 Å². The normalized spacial score (nSPS) is 22.9. The first-order chi connectivity index (χ1) is 6.09. The van der Waals surface area contributed by atoms with E-state index >= 15 is 0 Å². The van der Waals surface area contributed by atoms with Crippen molar-refractivity contribution in [2.75, 3.05) is 19.0 Å². The molecule has 0 radical (unpaired) electrons. The Balaban J connectivity index is 2.30. The van der Waals surface area contributed by atoms with Gasteiger partial charge in [0.05, 0.1) is 5.88 Å². The van der Waals surface area contributed by atoms with Gasteiger partial charge in [0.15, 0.2) is 0 Å². The van der Waals surface area contributed by atoms with Gasteiger partial charge in [0.1, 0.15) is 0 Å². The van der Waals surface area contributed by atoms with Gasteiger partial charge in [-0.2, -0.15) is 0 Å². The molecule has 1 atom stereocenters. The summed E-state index contributed by atoms with van der Waals surface area (Å²) in [6, 6.07) is 0. The minimum Gasteiger partial charge on any atom is -0.771 e. The highest BCUT2D eigenvalue weighted by molar-refractivity contribution is 7.79. The lowest BCUT2D eigenvalue weighted by Crippen LogP contribution is -2.37. The fourth-order valence-corrected chi connectivity index (χ4v) is 2.21. The lowest BCUT2D eigenvalue weighted by molar-refractivity contribution is -0.116. The van der Waals surface area contributed by atoms with Crippen LogP contribution in [0.3, 0.4) is 0 Å². The van der Waals surface area contributed by atoms with E-state index in [0.29, 0.717) is 25.9 Å². The predicted octanol–water partition coefficient (Wildman–Crippen LogP) is 0.300. The highest BCUT2D eigenvalue weighted by atomic mass is 35.5. The molecule has 0 spiro atoms. The molecule has 1 unspecified atom stereocenters. The summed E-state index contributed by atoms with van der Waals surface area (Å²) < 4.78 is 20.7. The Hall–Kier alpha value is 0.0300. The molecule has 1 heterocycles. The zero-order valence-electron chi connectivity index (χ0n) is 7.07.